The maximum absolute atomic E-state index is 10.1. The Morgan fingerprint density at radius 1 is 1.60 bits per heavy atom. The van der Waals surface area contributed by atoms with Gasteiger partial charge in [-0.1, -0.05) is 0 Å². The Balaban J connectivity index is 3.16. The first-order chi connectivity index (χ1) is 4.74. The van der Waals surface area contributed by atoms with Crippen LogP contribution in [-0.4, -0.2) is 11.3 Å². The summed E-state index contributed by atoms with van der Waals surface area (Å²) < 4.78 is 0.909. The van der Waals surface area contributed by atoms with Crippen molar-refractivity contribution < 1.29 is 4.79 Å². The third kappa shape index (κ3) is 1.42. The molecule has 0 aliphatic rings. The van der Waals surface area contributed by atoms with Gasteiger partial charge in [-0.15, -0.1) is 0 Å². The third-order valence-electron chi connectivity index (χ3n) is 1.13. The lowest BCUT2D eigenvalue weighted by Gasteiger charge is -1.94. The molecule has 0 aromatic carbocycles. The van der Waals surface area contributed by atoms with Gasteiger partial charge < -0.3 is 0 Å². The van der Waals surface area contributed by atoms with Gasteiger partial charge in [0.1, 0.15) is 5.69 Å². The summed E-state index contributed by atoms with van der Waals surface area (Å²) in [7, 11) is 0. The van der Waals surface area contributed by atoms with E-state index in [0.29, 0.717) is 5.69 Å². The van der Waals surface area contributed by atoms with Crippen LogP contribution in [0.1, 0.15) is 11.4 Å². The standard InChI is InChI=1S/C7H5BrNO/c1-5-7(8)3-2-6(4-10)9-5/h2-3H,1H3. The average molecular weight is 199 g/mol. The van der Waals surface area contributed by atoms with Crippen molar-refractivity contribution in [2.24, 2.45) is 0 Å². The van der Waals surface area contributed by atoms with E-state index in [1.54, 1.807) is 18.4 Å². The number of aryl methyl sites for hydroxylation is 1. The fraction of sp³-hybridized carbons (Fsp3) is 0.143. The quantitative estimate of drug-likeness (QED) is 0.687. The Kier molecular flexibility index (Phi) is 2.17. The molecule has 0 aliphatic carbocycles. The zero-order chi connectivity index (χ0) is 7.56. The summed E-state index contributed by atoms with van der Waals surface area (Å²) in [6, 6.07) is 3.40. The average Bonchev–Trinajstić information content (AvgIpc) is 1.95. The number of hydrogen-bond donors (Lipinski definition) is 0. The molecule has 2 nitrogen and oxygen atoms in total. The number of aromatic nitrogens is 1. The van der Waals surface area contributed by atoms with Gasteiger partial charge in [-0.05, 0) is 35.0 Å². The van der Waals surface area contributed by atoms with Crippen LogP contribution in [0.25, 0.3) is 0 Å². The van der Waals surface area contributed by atoms with Crippen molar-refractivity contribution in [1.82, 2.24) is 4.98 Å². The molecule has 3 heteroatoms. The minimum Gasteiger partial charge on any atom is -0.283 e. The lowest BCUT2D eigenvalue weighted by atomic mass is 10.3. The number of pyridine rings is 1. The molecule has 0 atom stereocenters. The maximum Gasteiger partial charge on any atom is 0.253 e. The molecule has 0 unspecified atom stereocenters. The van der Waals surface area contributed by atoms with Gasteiger partial charge in [-0.25, -0.2) is 4.98 Å². The Morgan fingerprint density at radius 2 is 2.30 bits per heavy atom. The van der Waals surface area contributed by atoms with Crippen LogP contribution in [-0.2, 0) is 4.79 Å². The zero-order valence-electron chi connectivity index (χ0n) is 5.39. The summed E-state index contributed by atoms with van der Waals surface area (Å²) in [5.74, 6) is 0. The van der Waals surface area contributed by atoms with Crippen LogP contribution in [0.15, 0.2) is 16.6 Å². The van der Waals surface area contributed by atoms with E-state index in [1.807, 2.05) is 6.92 Å². The largest absolute Gasteiger partial charge is 0.283 e. The molecule has 1 rings (SSSR count). The maximum atomic E-state index is 10.1. The lowest BCUT2D eigenvalue weighted by Crippen LogP contribution is -1.89. The molecule has 0 aliphatic heterocycles. The predicted octanol–water partition coefficient (Wildman–Crippen LogP) is 1.61. The van der Waals surface area contributed by atoms with Crippen LogP contribution in [0.2, 0.25) is 0 Å². The Morgan fingerprint density at radius 3 is 2.80 bits per heavy atom. The van der Waals surface area contributed by atoms with E-state index in [-0.39, 0.29) is 0 Å². The number of nitrogens with zero attached hydrogens (tertiary/aromatic N) is 1. The second kappa shape index (κ2) is 2.92. The Labute approximate surface area is 67.4 Å². The van der Waals surface area contributed by atoms with Crippen LogP contribution in [0, 0.1) is 6.92 Å². The number of hydrogen-bond acceptors (Lipinski definition) is 2. The fourth-order valence-corrected chi connectivity index (χ4v) is 0.822. The molecule has 1 radical (unpaired) electrons. The fourth-order valence-electron chi connectivity index (χ4n) is 0.601. The summed E-state index contributed by atoms with van der Waals surface area (Å²) >= 11 is 3.27. The third-order valence-corrected chi connectivity index (χ3v) is 1.96. The molecular weight excluding hydrogens is 194 g/mol. The van der Waals surface area contributed by atoms with Crippen molar-refractivity contribution in [2.75, 3.05) is 0 Å². The molecule has 0 saturated heterocycles. The van der Waals surface area contributed by atoms with Crippen LogP contribution < -0.4 is 0 Å². The summed E-state index contributed by atoms with van der Waals surface area (Å²) in [5, 5.41) is 0. The van der Waals surface area contributed by atoms with E-state index in [2.05, 4.69) is 20.9 Å². The molecule has 10 heavy (non-hydrogen) atoms. The summed E-state index contributed by atoms with van der Waals surface area (Å²) in [4.78, 5) is 14.0. The predicted molar refractivity (Wildman–Crippen MR) is 41.5 cm³/mol. The SMILES string of the molecule is Cc1nc([C]=O)ccc1Br. The topological polar surface area (TPSA) is 30.0 Å². The minimum absolute atomic E-state index is 0.348. The number of carbonyl (C=O) groups excluding carboxylic acids is 1. The van der Waals surface area contributed by atoms with Gasteiger partial charge in [0, 0.05) is 4.47 Å². The second-order valence-electron chi connectivity index (χ2n) is 1.87. The molecule has 1 aromatic rings. The molecular formula is C7H5BrNO. The molecule has 0 saturated carbocycles. The first kappa shape index (κ1) is 7.41. The highest BCUT2D eigenvalue weighted by Gasteiger charge is 1.96. The highest BCUT2D eigenvalue weighted by atomic mass is 79.9. The summed E-state index contributed by atoms with van der Waals surface area (Å²) in [6.45, 7) is 1.82. The normalized spacial score (nSPS) is 9.40. The second-order valence-corrected chi connectivity index (χ2v) is 2.72. The minimum atomic E-state index is 0.348. The molecule has 0 fully saturated rings. The van der Waals surface area contributed by atoms with Gasteiger partial charge in [-0.3, -0.25) is 4.79 Å². The Bertz CT molecular complexity index is 260. The van der Waals surface area contributed by atoms with Crippen LogP contribution in [0.4, 0.5) is 0 Å². The smallest absolute Gasteiger partial charge is 0.253 e. The van der Waals surface area contributed by atoms with Gasteiger partial charge in [0.15, 0.2) is 0 Å². The van der Waals surface area contributed by atoms with Crippen LogP contribution in [0.5, 0.6) is 0 Å². The highest BCUT2D eigenvalue weighted by molar-refractivity contribution is 9.10. The van der Waals surface area contributed by atoms with Crippen molar-refractivity contribution in [3.8, 4) is 0 Å². The van der Waals surface area contributed by atoms with Crippen molar-refractivity contribution in [3.05, 3.63) is 28.0 Å². The van der Waals surface area contributed by atoms with E-state index in [4.69, 9.17) is 0 Å². The zero-order valence-corrected chi connectivity index (χ0v) is 6.97. The molecule has 0 N–H and O–H groups in total. The van der Waals surface area contributed by atoms with Crippen molar-refractivity contribution in [3.63, 3.8) is 0 Å². The van der Waals surface area contributed by atoms with E-state index in [9.17, 15) is 4.79 Å². The van der Waals surface area contributed by atoms with Gasteiger partial charge in [0.05, 0.1) is 5.69 Å². The highest BCUT2D eigenvalue weighted by Crippen LogP contribution is 2.12. The van der Waals surface area contributed by atoms with E-state index < -0.39 is 0 Å². The van der Waals surface area contributed by atoms with Crippen molar-refractivity contribution in [2.45, 2.75) is 6.92 Å². The first-order valence-electron chi connectivity index (χ1n) is 2.75. The molecule has 0 amide bonds. The molecule has 0 bridgehead atoms. The van der Waals surface area contributed by atoms with E-state index in [1.165, 1.54) is 0 Å². The Hall–Kier alpha value is -0.700. The molecule has 0 spiro atoms. The van der Waals surface area contributed by atoms with Crippen molar-refractivity contribution >= 4 is 22.2 Å². The van der Waals surface area contributed by atoms with Crippen LogP contribution >= 0.6 is 15.9 Å². The molecule has 1 aromatic heterocycles. The van der Waals surface area contributed by atoms with Gasteiger partial charge in [-0.2, -0.15) is 0 Å². The lowest BCUT2D eigenvalue weighted by molar-refractivity contribution is 0.561. The van der Waals surface area contributed by atoms with Crippen LogP contribution in [0.3, 0.4) is 0 Å². The van der Waals surface area contributed by atoms with Gasteiger partial charge in [0.25, 0.3) is 6.29 Å². The van der Waals surface area contributed by atoms with E-state index >= 15 is 0 Å². The summed E-state index contributed by atoms with van der Waals surface area (Å²) in [5.41, 5.74) is 1.15. The number of halogens is 1. The summed E-state index contributed by atoms with van der Waals surface area (Å²) in [6.07, 6.45) is 1.71. The molecule has 51 valence electrons. The van der Waals surface area contributed by atoms with Gasteiger partial charge >= 0.3 is 0 Å². The first-order valence-corrected chi connectivity index (χ1v) is 3.54. The monoisotopic (exact) mass is 198 g/mol. The van der Waals surface area contributed by atoms with Crippen molar-refractivity contribution in [1.29, 1.82) is 0 Å². The van der Waals surface area contributed by atoms with Gasteiger partial charge in [0.2, 0.25) is 0 Å². The van der Waals surface area contributed by atoms with E-state index in [0.717, 1.165) is 10.2 Å². The number of rotatable bonds is 1. The molecule has 1 heterocycles.